The van der Waals surface area contributed by atoms with Crippen molar-refractivity contribution in [3.8, 4) is 0 Å². The first-order valence-electron chi connectivity index (χ1n) is 4.69. The van der Waals surface area contributed by atoms with Gasteiger partial charge in [0.15, 0.2) is 0 Å². The van der Waals surface area contributed by atoms with Crippen LogP contribution in [-0.2, 0) is 9.53 Å². The fourth-order valence-corrected chi connectivity index (χ4v) is 1.42. The van der Waals surface area contributed by atoms with Crippen LogP contribution in [0.5, 0.6) is 0 Å². The van der Waals surface area contributed by atoms with Gasteiger partial charge in [-0.05, 0) is 24.7 Å². The second kappa shape index (κ2) is 7.14. The van der Waals surface area contributed by atoms with E-state index in [0.717, 1.165) is 12.3 Å². The van der Waals surface area contributed by atoms with Crippen molar-refractivity contribution in [2.75, 3.05) is 6.61 Å². The minimum Gasteiger partial charge on any atom is -0.457 e. The van der Waals surface area contributed by atoms with E-state index in [2.05, 4.69) is 25.5 Å². The Morgan fingerprint density at radius 2 is 2.08 bits per heavy atom. The molecule has 0 spiro atoms. The SMILES string of the molecule is CCC(CCO[C]=O)CC(C)C. The van der Waals surface area contributed by atoms with Crippen molar-refractivity contribution in [1.29, 1.82) is 0 Å². The summed E-state index contributed by atoms with van der Waals surface area (Å²) in [5.74, 6) is 1.42. The Balaban J connectivity index is 3.45. The second-order valence-electron chi connectivity index (χ2n) is 3.62. The molecule has 1 radical (unpaired) electrons. The van der Waals surface area contributed by atoms with Crippen LogP contribution < -0.4 is 0 Å². The molecule has 0 amide bonds. The lowest BCUT2D eigenvalue weighted by atomic mass is 9.92. The number of rotatable bonds is 7. The zero-order valence-electron chi connectivity index (χ0n) is 8.30. The van der Waals surface area contributed by atoms with E-state index in [1.807, 2.05) is 0 Å². The lowest BCUT2D eigenvalue weighted by Crippen LogP contribution is -2.07. The Kier molecular flexibility index (Phi) is 6.82. The van der Waals surface area contributed by atoms with Gasteiger partial charge in [-0.2, -0.15) is 0 Å². The maximum atomic E-state index is 9.75. The van der Waals surface area contributed by atoms with Gasteiger partial charge in [0.25, 0.3) is 0 Å². The maximum Gasteiger partial charge on any atom is 0.417 e. The van der Waals surface area contributed by atoms with Crippen molar-refractivity contribution in [2.45, 2.75) is 40.0 Å². The Morgan fingerprint density at radius 1 is 1.42 bits per heavy atom. The van der Waals surface area contributed by atoms with E-state index in [0.29, 0.717) is 12.5 Å². The van der Waals surface area contributed by atoms with Crippen molar-refractivity contribution < 1.29 is 9.53 Å². The number of hydrogen-bond donors (Lipinski definition) is 0. The summed E-state index contributed by atoms with van der Waals surface area (Å²) in [6, 6.07) is 0. The Bertz CT molecular complexity index is 110. The van der Waals surface area contributed by atoms with E-state index >= 15 is 0 Å². The van der Waals surface area contributed by atoms with E-state index in [-0.39, 0.29) is 0 Å². The molecule has 2 heteroatoms. The summed E-state index contributed by atoms with van der Waals surface area (Å²) in [5.41, 5.74) is 0. The molecule has 0 aliphatic rings. The number of carbonyl (C=O) groups excluding carboxylic acids is 1. The third-order valence-electron chi connectivity index (χ3n) is 2.07. The molecule has 0 bridgehead atoms. The normalized spacial score (nSPS) is 13.0. The van der Waals surface area contributed by atoms with Gasteiger partial charge < -0.3 is 4.74 Å². The molecule has 0 fully saturated rings. The molecule has 0 N–H and O–H groups in total. The van der Waals surface area contributed by atoms with Crippen LogP contribution in [0.1, 0.15) is 40.0 Å². The highest BCUT2D eigenvalue weighted by Gasteiger charge is 2.08. The van der Waals surface area contributed by atoms with Gasteiger partial charge in [0, 0.05) is 0 Å². The minimum atomic E-state index is 0.523. The van der Waals surface area contributed by atoms with Crippen molar-refractivity contribution in [1.82, 2.24) is 0 Å². The average molecular weight is 171 g/mol. The third kappa shape index (κ3) is 6.20. The van der Waals surface area contributed by atoms with Gasteiger partial charge in [-0.1, -0.05) is 27.2 Å². The van der Waals surface area contributed by atoms with Crippen LogP contribution in [0.4, 0.5) is 0 Å². The van der Waals surface area contributed by atoms with Crippen LogP contribution in [0.3, 0.4) is 0 Å². The minimum absolute atomic E-state index is 0.523. The molecule has 0 rings (SSSR count). The van der Waals surface area contributed by atoms with Crippen molar-refractivity contribution in [3.05, 3.63) is 0 Å². The van der Waals surface area contributed by atoms with E-state index in [1.54, 1.807) is 0 Å². The Labute approximate surface area is 75.3 Å². The van der Waals surface area contributed by atoms with Gasteiger partial charge in [0.1, 0.15) is 0 Å². The molecule has 71 valence electrons. The lowest BCUT2D eigenvalue weighted by Gasteiger charge is -2.15. The summed E-state index contributed by atoms with van der Waals surface area (Å²) < 4.78 is 4.54. The standard InChI is InChI=1S/C10H19O2/c1-4-10(7-9(2)3)5-6-12-8-11/h9-10H,4-7H2,1-3H3. The molecular weight excluding hydrogens is 152 g/mol. The fraction of sp³-hybridized carbons (Fsp3) is 0.900. The van der Waals surface area contributed by atoms with Gasteiger partial charge >= 0.3 is 6.47 Å². The molecule has 0 aliphatic heterocycles. The highest BCUT2D eigenvalue weighted by atomic mass is 16.5. The largest absolute Gasteiger partial charge is 0.457 e. The number of ether oxygens (including phenoxy) is 1. The zero-order valence-corrected chi connectivity index (χ0v) is 8.30. The quantitative estimate of drug-likeness (QED) is 0.550. The molecule has 1 unspecified atom stereocenters. The summed E-state index contributed by atoms with van der Waals surface area (Å²) >= 11 is 0. The van der Waals surface area contributed by atoms with Crippen LogP contribution in [0, 0.1) is 11.8 Å². The molecule has 1 atom stereocenters. The lowest BCUT2D eigenvalue weighted by molar-refractivity contribution is 0.234. The summed E-state index contributed by atoms with van der Waals surface area (Å²) in [6.45, 7) is 8.59. The first kappa shape index (κ1) is 11.5. The smallest absolute Gasteiger partial charge is 0.417 e. The topological polar surface area (TPSA) is 26.3 Å². The maximum absolute atomic E-state index is 9.75. The molecule has 0 aromatic rings. The van der Waals surface area contributed by atoms with Crippen molar-refractivity contribution in [2.24, 2.45) is 11.8 Å². The molecule has 12 heavy (non-hydrogen) atoms. The third-order valence-corrected chi connectivity index (χ3v) is 2.07. The summed E-state index contributed by atoms with van der Waals surface area (Å²) in [6.07, 6.45) is 3.36. The van der Waals surface area contributed by atoms with Crippen LogP contribution in [0.15, 0.2) is 0 Å². The highest BCUT2D eigenvalue weighted by Crippen LogP contribution is 2.18. The molecule has 2 nitrogen and oxygen atoms in total. The highest BCUT2D eigenvalue weighted by molar-refractivity contribution is 5.37. The summed E-state index contributed by atoms with van der Waals surface area (Å²) in [7, 11) is 0. The molecule has 0 saturated heterocycles. The Morgan fingerprint density at radius 3 is 2.50 bits per heavy atom. The predicted octanol–water partition coefficient (Wildman–Crippen LogP) is 2.53. The zero-order chi connectivity index (χ0) is 9.40. The predicted molar refractivity (Wildman–Crippen MR) is 49.5 cm³/mol. The van der Waals surface area contributed by atoms with Gasteiger partial charge in [-0.15, -0.1) is 0 Å². The van der Waals surface area contributed by atoms with Gasteiger partial charge in [-0.3, -0.25) is 0 Å². The van der Waals surface area contributed by atoms with Crippen LogP contribution in [-0.4, -0.2) is 13.1 Å². The van der Waals surface area contributed by atoms with E-state index in [4.69, 9.17) is 0 Å². The first-order chi connectivity index (χ1) is 5.70. The van der Waals surface area contributed by atoms with Crippen molar-refractivity contribution in [3.63, 3.8) is 0 Å². The average Bonchev–Trinajstić information content (AvgIpc) is 2.02. The first-order valence-corrected chi connectivity index (χ1v) is 4.69. The molecule has 0 aromatic carbocycles. The van der Waals surface area contributed by atoms with E-state index < -0.39 is 0 Å². The van der Waals surface area contributed by atoms with Crippen molar-refractivity contribution >= 4 is 6.47 Å². The summed E-state index contributed by atoms with van der Waals surface area (Å²) in [5, 5.41) is 0. The molecule has 0 heterocycles. The van der Waals surface area contributed by atoms with Crippen LogP contribution >= 0.6 is 0 Å². The molecule has 0 aromatic heterocycles. The van der Waals surface area contributed by atoms with Gasteiger partial charge in [0.05, 0.1) is 6.61 Å². The van der Waals surface area contributed by atoms with Crippen LogP contribution in [0.25, 0.3) is 0 Å². The molecule has 0 saturated carbocycles. The van der Waals surface area contributed by atoms with E-state index in [9.17, 15) is 4.79 Å². The monoisotopic (exact) mass is 171 g/mol. The van der Waals surface area contributed by atoms with Gasteiger partial charge in [0.2, 0.25) is 0 Å². The summed E-state index contributed by atoms with van der Waals surface area (Å²) in [4.78, 5) is 9.75. The van der Waals surface area contributed by atoms with Gasteiger partial charge in [-0.25, -0.2) is 4.79 Å². The Hall–Kier alpha value is -0.530. The second-order valence-corrected chi connectivity index (χ2v) is 3.62. The van der Waals surface area contributed by atoms with E-state index in [1.165, 1.54) is 19.3 Å². The fourth-order valence-electron chi connectivity index (χ4n) is 1.42. The molecule has 0 aliphatic carbocycles. The van der Waals surface area contributed by atoms with Crippen LogP contribution in [0.2, 0.25) is 0 Å². The molecular formula is C10H19O2. The number of hydrogen-bond acceptors (Lipinski definition) is 2.